The van der Waals surface area contributed by atoms with Gasteiger partial charge in [-0.2, -0.15) is 4.68 Å². The summed E-state index contributed by atoms with van der Waals surface area (Å²) in [5.74, 6) is 0. The minimum absolute atomic E-state index is 0.0861. The molecular formula is C7H8N4OS. The molecule has 0 unspecified atom stereocenters. The van der Waals surface area contributed by atoms with Gasteiger partial charge in [0.1, 0.15) is 5.69 Å². The fraction of sp³-hybridized carbons (Fsp3) is 0.286. The third-order valence-electron chi connectivity index (χ3n) is 1.74. The summed E-state index contributed by atoms with van der Waals surface area (Å²) in [7, 11) is 0. The molecular weight excluding hydrogens is 188 g/mol. The number of aliphatic hydroxyl groups is 1. The van der Waals surface area contributed by atoms with Gasteiger partial charge >= 0.3 is 0 Å². The van der Waals surface area contributed by atoms with Crippen molar-refractivity contribution >= 4 is 11.3 Å². The van der Waals surface area contributed by atoms with Gasteiger partial charge in [0.05, 0.1) is 12.3 Å². The predicted octanol–water partition coefficient (Wildman–Crippen LogP) is 0.525. The lowest BCUT2D eigenvalue weighted by Gasteiger charge is -1.96. The Morgan fingerprint density at radius 1 is 1.62 bits per heavy atom. The van der Waals surface area contributed by atoms with Crippen LogP contribution in [-0.2, 0) is 6.61 Å². The molecule has 0 saturated heterocycles. The Morgan fingerprint density at radius 3 is 3.00 bits per heavy atom. The fourth-order valence-corrected chi connectivity index (χ4v) is 1.65. The Balaban J connectivity index is 2.48. The lowest BCUT2D eigenvalue weighted by atomic mass is 10.4. The van der Waals surface area contributed by atoms with Crippen LogP contribution in [0.3, 0.4) is 0 Å². The Kier molecular flexibility index (Phi) is 2.07. The van der Waals surface area contributed by atoms with Gasteiger partial charge < -0.3 is 5.11 Å². The van der Waals surface area contributed by atoms with Crippen LogP contribution in [0.25, 0.3) is 5.13 Å². The zero-order valence-electron chi connectivity index (χ0n) is 7.01. The lowest BCUT2D eigenvalue weighted by molar-refractivity contribution is 0.276. The molecule has 0 amide bonds. The number of thiazole rings is 1. The van der Waals surface area contributed by atoms with Gasteiger partial charge in [-0.25, -0.2) is 4.98 Å². The fourth-order valence-electron chi connectivity index (χ4n) is 1.01. The molecule has 6 heteroatoms. The van der Waals surface area contributed by atoms with E-state index in [4.69, 9.17) is 5.11 Å². The second-order valence-corrected chi connectivity index (χ2v) is 3.38. The van der Waals surface area contributed by atoms with E-state index in [-0.39, 0.29) is 6.61 Å². The lowest BCUT2D eigenvalue weighted by Crippen LogP contribution is -1.98. The molecule has 2 aromatic rings. The van der Waals surface area contributed by atoms with E-state index in [0.717, 1.165) is 10.8 Å². The number of aliphatic hydroxyl groups excluding tert-OH is 1. The molecule has 0 radical (unpaired) electrons. The number of hydrogen-bond acceptors (Lipinski definition) is 5. The highest BCUT2D eigenvalue weighted by molar-refractivity contribution is 7.12. The van der Waals surface area contributed by atoms with Gasteiger partial charge in [0.2, 0.25) is 5.13 Å². The van der Waals surface area contributed by atoms with Crippen LogP contribution in [0.5, 0.6) is 0 Å². The molecule has 0 aliphatic heterocycles. The van der Waals surface area contributed by atoms with Gasteiger partial charge in [-0.05, 0) is 6.92 Å². The van der Waals surface area contributed by atoms with E-state index in [9.17, 15) is 0 Å². The van der Waals surface area contributed by atoms with Gasteiger partial charge in [-0.3, -0.25) is 0 Å². The summed E-state index contributed by atoms with van der Waals surface area (Å²) in [5, 5.41) is 19.2. The number of rotatable bonds is 2. The first-order valence-corrected chi connectivity index (χ1v) is 4.63. The Hall–Kier alpha value is -1.27. The molecule has 0 atom stereocenters. The molecule has 0 aliphatic rings. The van der Waals surface area contributed by atoms with Crippen molar-refractivity contribution in [2.45, 2.75) is 13.5 Å². The maximum atomic E-state index is 8.90. The van der Waals surface area contributed by atoms with E-state index in [2.05, 4.69) is 15.3 Å². The second-order valence-electron chi connectivity index (χ2n) is 2.51. The summed E-state index contributed by atoms with van der Waals surface area (Å²) >= 11 is 1.48. The summed E-state index contributed by atoms with van der Waals surface area (Å²) in [5.41, 5.74) is 1.42. The molecule has 0 aromatic carbocycles. The molecule has 13 heavy (non-hydrogen) atoms. The normalized spacial score (nSPS) is 10.6. The van der Waals surface area contributed by atoms with Crippen molar-refractivity contribution in [3.05, 3.63) is 23.0 Å². The van der Waals surface area contributed by atoms with E-state index < -0.39 is 0 Å². The molecule has 0 spiro atoms. The first kappa shape index (κ1) is 8.33. The van der Waals surface area contributed by atoms with Gasteiger partial charge in [0.15, 0.2) is 0 Å². The Bertz CT molecular complexity index is 395. The summed E-state index contributed by atoms with van der Waals surface area (Å²) in [6.45, 7) is 1.77. The summed E-state index contributed by atoms with van der Waals surface area (Å²) in [6, 6.07) is 0. The summed E-state index contributed by atoms with van der Waals surface area (Å²) < 4.78 is 1.62. The average Bonchev–Trinajstić information content (AvgIpc) is 2.72. The van der Waals surface area contributed by atoms with Crippen molar-refractivity contribution in [3.63, 3.8) is 0 Å². The molecule has 5 nitrogen and oxygen atoms in total. The van der Waals surface area contributed by atoms with Crippen molar-refractivity contribution in [2.75, 3.05) is 0 Å². The molecule has 1 N–H and O–H groups in total. The monoisotopic (exact) mass is 196 g/mol. The van der Waals surface area contributed by atoms with E-state index in [0.29, 0.717) is 5.69 Å². The van der Waals surface area contributed by atoms with Crippen LogP contribution in [-0.4, -0.2) is 25.1 Å². The van der Waals surface area contributed by atoms with Crippen molar-refractivity contribution < 1.29 is 5.11 Å². The predicted molar refractivity (Wildman–Crippen MR) is 47.7 cm³/mol. The van der Waals surface area contributed by atoms with Crippen molar-refractivity contribution in [3.8, 4) is 5.13 Å². The summed E-state index contributed by atoms with van der Waals surface area (Å²) in [4.78, 5) is 4.09. The topological polar surface area (TPSA) is 63.8 Å². The number of nitrogens with zero attached hydrogens (tertiary/aromatic N) is 4. The van der Waals surface area contributed by atoms with Crippen LogP contribution < -0.4 is 0 Å². The van der Waals surface area contributed by atoms with Crippen LogP contribution in [0.1, 0.15) is 11.4 Å². The van der Waals surface area contributed by atoms with Gasteiger partial charge in [-0.15, -0.1) is 16.4 Å². The third-order valence-corrected chi connectivity index (χ3v) is 2.49. The smallest absolute Gasteiger partial charge is 0.211 e. The third kappa shape index (κ3) is 1.34. The molecule has 0 aliphatic carbocycles. The van der Waals surface area contributed by atoms with E-state index in [1.165, 1.54) is 11.3 Å². The SMILES string of the molecule is Cc1c(CO)nnn1-c1nccs1. The minimum Gasteiger partial charge on any atom is -0.390 e. The first-order chi connectivity index (χ1) is 6.33. The number of aromatic nitrogens is 4. The molecule has 2 rings (SSSR count). The number of hydrogen-bond donors (Lipinski definition) is 1. The maximum absolute atomic E-state index is 8.90. The first-order valence-electron chi connectivity index (χ1n) is 3.75. The Labute approximate surface area is 78.7 Å². The highest BCUT2D eigenvalue weighted by Gasteiger charge is 2.09. The highest BCUT2D eigenvalue weighted by atomic mass is 32.1. The average molecular weight is 196 g/mol. The summed E-state index contributed by atoms with van der Waals surface area (Å²) in [6.07, 6.45) is 1.71. The second kappa shape index (κ2) is 3.23. The van der Waals surface area contributed by atoms with Crippen LogP contribution >= 0.6 is 11.3 Å². The van der Waals surface area contributed by atoms with Gasteiger partial charge in [-0.1, -0.05) is 5.21 Å². The molecule has 0 saturated carbocycles. The van der Waals surface area contributed by atoms with Crippen molar-refractivity contribution in [2.24, 2.45) is 0 Å². The standard InChI is InChI=1S/C7H8N4OS/c1-5-6(4-12)9-10-11(5)7-8-2-3-13-7/h2-3,12H,4H2,1H3. The minimum atomic E-state index is -0.0861. The largest absolute Gasteiger partial charge is 0.390 e. The highest BCUT2D eigenvalue weighted by Crippen LogP contribution is 2.13. The van der Waals surface area contributed by atoms with Crippen LogP contribution in [0, 0.1) is 6.92 Å². The van der Waals surface area contributed by atoms with Crippen LogP contribution in [0.4, 0.5) is 0 Å². The molecule has 2 aromatic heterocycles. The van der Waals surface area contributed by atoms with Crippen LogP contribution in [0.15, 0.2) is 11.6 Å². The molecule has 68 valence electrons. The van der Waals surface area contributed by atoms with Crippen LogP contribution in [0.2, 0.25) is 0 Å². The van der Waals surface area contributed by atoms with E-state index >= 15 is 0 Å². The maximum Gasteiger partial charge on any atom is 0.211 e. The van der Waals surface area contributed by atoms with E-state index in [1.807, 2.05) is 12.3 Å². The van der Waals surface area contributed by atoms with Crippen molar-refractivity contribution in [1.82, 2.24) is 20.0 Å². The molecule has 0 bridgehead atoms. The van der Waals surface area contributed by atoms with E-state index in [1.54, 1.807) is 10.9 Å². The van der Waals surface area contributed by atoms with Gasteiger partial charge in [0, 0.05) is 11.6 Å². The zero-order valence-corrected chi connectivity index (χ0v) is 7.82. The molecule has 2 heterocycles. The zero-order chi connectivity index (χ0) is 9.26. The van der Waals surface area contributed by atoms with Crippen molar-refractivity contribution in [1.29, 1.82) is 0 Å². The molecule has 0 fully saturated rings. The quantitative estimate of drug-likeness (QED) is 0.760. The van der Waals surface area contributed by atoms with Gasteiger partial charge in [0.25, 0.3) is 0 Å². The Morgan fingerprint density at radius 2 is 2.46 bits per heavy atom.